The maximum atomic E-state index is 11.2. The van der Waals surface area contributed by atoms with Crippen LogP contribution in [0.15, 0.2) is 48.8 Å². The number of hydrogen-bond acceptors (Lipinski definition) is 4. The van der Waals surface area contributed by atoms with Crippen molar-refractivity contribution in [3.05, 3.63) is 54.4 Å². The van der Waals surface area contributed by atoms with E-state index in [0.29, 0.717) is 0 Å². The van der Waals surface area contributed by atoms with E-state index in [9.17, 15) is 9.90 Å². The van der Waals surface area contributed by atoms with Crippen LogP contribution in [0.25, 0.3) is 22.2 Å². The van der Waals surface area contributed by atoms with Crippen LogP contribution in [0, 0.1) is 0 Å². The molecule has 0 atom stereocenters. The van der Waals surface area contributed by atoms with E-state index >= 15 is 0 Å². The van der Waals surface area contributed by atoms with Crippen molar-refractivity contribution in [2.75, 3.05) is 11.9 Å². The number of rotatable bonds is 4. The number of benzene rings is 1. The van der Waals surface area contributed by atoms with Crippen molar-refractivity contribution in [1.82, 2.24) is 9.97 Å². The number of aromatic nitrogens is 2. The minimum Gasteiger partial charge on any atom is -0.478 e. The molecule has 3 aromatic rings. The predicted molar refractivity (Wildman–Crippen MR) is 95.5 cm³/mol. The van der Waals surface area contributed by atoms with Crippen LogP contribution in [0.5, 0.6) is 0 Å². The largest absolute Gasteiger partial charge is 0.478 e. The number of pyridine rings is 2. The van der Waals surface area contributed by atoms with Gasteiger partial charge in [0, 0.05) is 36.4 Å². The monoisotopic (exact) mass is 321 g/mol. The number of nitrogens with zero attached hydrogens (tertiary/aromatic N) is 3. The van der Waals surface area contributed by atoms with Crippen LogP contribution in [0.3, 0.4) is 0 Å². The number of carboxylic acids is 1. The number of carbonyl (C=O) groups is 1. The molecule has 122 valence electrons. The number of anilines is 1. The van der Waals surface area contributed by atoms with E-state index in [-0.39, 0.29) is 11.6 Å². The second kappa shape index (κ2) is 6.28. The van der Waals surface area contributed by atoms with Gasteiger partial charge in [-0.25, -0.2) is 9.78 Å². The minimum absolute atomic E-state index is 0.261. The molecule has 0 unspecified atom stereocenters. The van der Waals surface area contributed by atoms with E-state index in [1.54, 1.807) is 30.6 Å². The van der Waals surface area contributed by atoms with Crippen LogP contribution in [0.2, 0.25) is 0 Å². The molecule has 1 N–H and O–H groups in total. The molecule has 0 saturated heterocycles. The van der Waals surface area contributed by atoms with Crippen molar-refractivity contribution in [1.29, 1.82) is 0 Å². The Hall–Kier alpha value is -2.95. The normalized spacial score (nSPS) is 11.0. The van der Waals surface area contributed by atoms with E-state index in [1.165, 1.54) is 0 Å². The molecule has 0 fully saturated rings. The van der Waals surface area contributed by atoms with Gasteiger partial charge in [-0.2, -0.15) is 0 Å². The summed E-state index contributed by atoms with van der Waals surface area (Å²) in [6, 6.07) is 11.1. The van der Waals surface area contributed by atoms with Crippen LogP contribution >= 0.6 is 0 Å². The van der Waals surface area contributed by atoms with Crippen molar-refractivity contribution in [3.8, 4) is 11.3 Å². The fourth-order valence-electron chi connectivity index (χ4n) is 2.56. The molecule has 5 heteroatoms. The van der Waals surface area contributed by atoms with Crippen molar-refractivity contribution < 1.29 is 9.90 Å². The summed E-state index contributed by atoms with van der Waals surface area (Å²) in [7, 11) is 2.01. The van der Waals surface area contributed by atoms with Gasteiger partial charge in [0.2, 0.25) is 0 Å². The van der Waals surface area contributed by atoms with Gasteiger partial charge in [0.15, 0.2) is 0 Å². The van der Waals surface area contributed by atoms with Crippen molar-refractivity contribution in [2.24, 2.45) is 0 Å². The summed E-state index contributed by atoms with van der Waals surface area (Å²) in [5, 5.41) is 10.0. The maximum absolute atomic E-state index is 11.2. The standard InChI is InChI=1S/C19H19N3O2/c1-12(2)22(3)17-10-15-9-13(19(23)24)6-7-16(15)21-18(17)14-5-4-8-20-11-14/h4-12H,1-3H3,(H,23,24). The summed E-state index contributed by atoms with van der Waals surface area (Å²) < 4.78 is 0. The number of hydrogen-bond donors (Lipinski definition) is 1. The van der Waals surface area contributed by atoms with Gasteiger partial charge in [-0.15, -0.1) is 0 Å². The Balaban J connectivity index is 2.27. The number of aromatic carboxylic acids is 1. The zero-order valence-electron chi connectivity index (χ0n) is 13.9. The molecular formula is C19H19N3O2. The van der Waals surface area contributed by atoms with Gasteiger partial charge >= 0.3 is 5.97 Å². The highest BCUT2D eigenvalue weighted by atomic mass is 16.4. The third kappa shape index (κ3) is 2.93. The van der Waals surface area contributed by atoms with E-state index in [1.807, 2.05) is 25.2 Å². The zero-order valence-corrected chi connectivity index (χ0v) is 13.9. The summed E-state index contributed by atoms with van der Waals surface area (Å²) in [5.41, 5.74) is 3.75. The molecular weight excluding hydrogens is 302 g/mol. The Kier molecular flexibility index (Phi) is 4.16. The fourth-order valence-corrected chi connectivity index (χ4v) is 2.56. The number of carboxylic acid groups (broad SMARTS) is 1. The first-order valence-electron chi connectivity index (χ1n) is 7.78. The number of fused-ring (bicyclic) bond motifs is 1. The first-order valence-corrected chi connectivity index (χ1v) is 7.78. The molecule has 0 aliphatic carbocycles. The molecule has 0 bridgehead atoms. The lowest BCUT2D eigenvalue weighted by Crippen LogP contribution is -2.26. The lowest BCUT2D eigenvalue weighted by atomic mass is 10.1. The highest BCUT2D eigenvalue weighted by molar-refractivity contribution is 5.96. The molecule has 2 heterocycles. The van der Waals surface area contributed by atoms with Crippen LogP contribution in [0.1, 0.15) is 24.2 Å². The summed E-state index contributed by atoms with van der Waals surface area (Å²) in [4.78, 5) is 22.3. The average Bonchev–Trinajstić information content (AvgIpc) is 2.60. The molecule has 0 radical (unpaired) electrons. The van der Waals surface area contributed by atoms with Crippen molar-refractivity contribution in [2.45, 2.75) is 19.9 Å². The van der Waals surface area contributed by atoms with Gasteiger partial charge in [-0.1, -0.05) is 0 Å². The molecule has 3 rings (SSSR count). The van der Waals surface area contributed by atoms with Crippen molar-refractivity contribution >= 4 is 22.6 Å². The van der Waals surface area contributed by atoms with Gasteiger partial charge in [0.25, 0.3) is 0 Å². The quantitative estimate of drug-likeness (QED) is 0.791. The first-order chi connectivity index (χ1) is 11.5. The lowest BCUT2D eigenvalue weighted by Gasteiger charge is -2.26. The van der Waals surface area contributed by atoms with E-state index in [2.05, 4.69) is 23.7 Å². The zero-order chi connectivity index (χ0) is 17.3. The van der Waals surface area contributed by atoms with Crippen LogP contribution in [-0.4, -0.2) is 34.1 Å². The molecule has 5 nitrogen and oxygen atoms in total. The maximum Gasteiger partial charge on any atom is 0.335 e. The Morgan fingerprint density at radius 1 is 1.21 bits per heavy atom. The predicted octanol–water partition coefficient (Wildman–Crippen LogP) is 3.84. The summed E-state index contributed by atoms with van der Waals surface area (Å²) >= 11 is 0. The van der Waals surface area contributed by atoms with Gasteiger partial charge in [-0.05, 0) is 50.2 Å². The lowest BCUT2D eigenvalue weighted by molar-refractivity contribution is 0.0697. The Morgan fingerprint density at radius 3 is 2.62 bits per heavy atom. The minimum atomic E-state index is -0.938. The topological polar surface area (TPSA) is 66.3 Å². The average molecular weight is 321 g/mol. The Bertz CT molecular complexity index is 892. The SMILES string of the molecule is CC(C)N(C)c1cc2cc(C(=O)O)ccc2nc1-c1cccnc1. The molecule has 0 saturated carbocycles. The summed E-state index contributed by atoms with van der Waals surface area (Å²) in [5.74, 6) is -0.938. The molecule has 0 amide bonds. The van der Waals surface area contributed by atoms with E-state index in [0.717, 1.165) is 27.8 Å². The Morgan fingerprint density at radius 2 is 2.00 bits per heavy atom. The second-order valence-electron chi connectivity index (χ2n) is 6.02. The van der Waals surface area contributed by atoms with E-state index in [4.69, 9.17) is 4.98 Å². The molecule has 1 aromatic carbocycles. The third-order valence-electron chi connectivity index (χ3n) is 4.13. The third-order valence-corrected chi connectivity index (χ3v) is 4.13. The van der Waals surface area contributed by atoms with Crippen LogP contribution in [0.4, 0.5) is 5.69 Å². The van der Waals surface area contributed by atoms with Crippen LogP contribution in [-0.2, 0) is 0 Å². The molecule has 2 aromatic heterocycles. The van der Waals surface area contributed by atoms with Gasteiger partial charge in [-0.3, -0.25) is 4.98 Å². The second-order valence-corrected chi connectivity index (χ2v) is 6.02. The highest BCUT2D eigenvalue weighted by Gasteiger charge is 2.16. The summed E-state index contributed by atoms with van der Waals surface area (Å²) in [6.45, 7) is 4.20. The first kappa shape index (κ1) is 15.9. The molecule has 24 heavy (non-hydrogen) atoms. The van der Waals surface area contributed by atoms with Crippen molar-refractivity contribution in [3.63, 3.8) is 0 Å². The van der Waals surface area contributed by atoms with Crippen LogP contribution < -0.4 is 4.90 Å². The summed E-state index contributed by atoms with van der Waals surface area (Å²) in [6.07, 6.45) is 3.52. The molecule has 0 spiro atoms. The highest BCUT2D eigenvalue weighted by Crippen LogP contribution is 2.32. The molecule has 0 aliphatic heterocycles. The Labute approximate surface area is 140 Å². The van der Waals surface area contributed by atoms with Gasteiger partial charge in [0.1, 0.15) is 0 Å². The van der Waals surface area contributed by atoms with E-state index < -0.39 is 5.97 Å². The molecule has 0 aliphatic rings. The van der Waals surface area contributed by atoms with Gasteiger partial charge < -0.3 is 10.0 Å². The van der Waals surface area contributed by atoms with Gasteiger partial charge in [0.05, 0.1) is 22.5 Å². The fraction of sp³-hybridized carbons (Fsp3) is 0.211. The smallest absolute Gasteiger partial charge is 0.335 e.